The summed E-state index contributed by atoms with van der Waals surface area (Å²) < 4.78 is 27.4. The molecule has 0 atom stereocenters. The van der Waals surface area contributed by atoms with E-state index < -0.39 is 10.1 Å². The Balaban J connectivity index is 2.97. The van der Waals surface area contributed by atoms with Crippen molar-refractivity contribution in [3.63, 3.8) is 0 Å². The molecule has 0 aliphatic rings. The minimum absolute atomic E-state index is 0.0249. The van der Waals surface area contributed by atoms with Crippen molar-refractivity contribution in [1.29, 1.82) is 0 Å². The molecule has 15 heavy (non-hydrogen) atoms. The highest BCUT2D eigenvalue weighted by Crippen LogP contribution is 2.16. The van der Waals surface area contributed by atoms with Crippen LogP contribution in [0.25, 0.3) is 0 Å². The van der Waals surface area contributed by atoms with E-state index in [-0.39, 0.29) is 4.90 Å². The molecule has 0 saturated heterocycles. The van der Waals surface area contributed by atoms with Crippen molar-refractivity contribution in [2.24, 2.45) is 5.16 Å². The van der Waals surface area contributed by atoms with Crippen molar-refractivity contribution >= 4 is 27.4 Å². The van der Waals surface area contributed by atoms with Gasteiger partial charge in [-0.15, -0.1) is 0 Å². The normalized spacial score (nSPS) is 10.9. The summed E-state index contributed by atoms with van der Waals surface area (Å²) in [5, 5.41) is 3.85. The summed E-state index contributed by atoms with van der Waals surface area (Å²) in [7, 11) is -3.82. The van der Waals surface area contributed by atoms with Crippen LogP contribution in [0.2, 0.25) is 5.02 Å². The van der Waals surface area contributed by atoms with Crippen LogP contribution in [-0.4, -0.2) is 14.1 Å². The maximum Gasteiger partial charge on any atom is 0.358 e. The third-order valence-corrected chi connectivity index (χ3v) is 2.79. The molecule has 0 radical (unpaired) electrons. The van der Waals surface area contributed by atoms with Crippen LogP contribution in [-0.2, 0) is 14.4 Å². The first-order chi connectivity index (χ1) is 6.92. The first kappa shape index (κ1) is 12.0. The number of hydrogen-bond acceptors (Lipinski definition) is 4. The van der Waals surface area contributed by atoms with Gasteiger partial charge in [0.25, 0.3) is 0 Å². The largest absolute Gasteiger partial charge is 0.358 e. The van der Waals surface area contributed by atoms with Gasteiger partial charge in [-0.05, 0) is 38.1 Å². The molecular formula is C9H10ClNO3S. The summed E-state index contributed by atoms with van der Waals surface area (Å²) in [5.41, 5.74) is 0.521. The SMILES string of the molecule is CC(C)=NOS(=O)(=O)c1ccc(Cl)cc1. The lowest BCUT2D eigenvalue weighted by molar-refractivity contribution is 0.338. The molecule has 0 amide bonds. The Morgan fingerprint density at radius 1 is 1.27 bits per heavy atom. The third kappa shape index (κ3) is 3.53. The highest BCUT2D eigenvalue weighted by molar-refractivity contribution is 7.86. The second kappa shape index (κ2) is 4.63. The van der Waals surface area contributed by atoms with Crippen LogP contribution in [0.1, 0.15) is 13.8 Å². The molecule has 82 valence electrons. The Kier molecular flexibility index (Phi) is 3.71. The minimum atomic E-state index is -3.82. The molecule has 0 unspecified atom stereocenters. The lowest BCUT2D eigenvalue weighted by Crippen LogP contribution is -2.03. The second-order valence-electron chi connectivity index (χ2n) is 3.02. The molecule has 4 nitrogen and oxygen atoms in total. The molecule has 6 heteroatoms. The number of hydrogen-bond donors (Lipinski definition) is 0. The van der Waals surface area contributed by atoms with Crippen LogP contribution in [0.3, 0.4) is 0 Å². The second-order valence-corrected chi connectivity index (χ2v) is 4.99. The molecule has 0 aromatic heterocycles. The number of rotatable bonds is 3. The molecule has 0 heterocycles. The number of nitrogens with zero attached hydrogens (tertiary/aromatic N) is 1. The highest BCUT2D eigenvalue weighted by Gasteiger charge is 2.14. The van der Waals surface area contributed by atoms with Gasteiger partial charge in [0.15, 0.2) is 0 Å². The van der Waals surface area contributed by atoms with Crippen LogP contribution in [0.4, 0.5) is 0 Å². The summed E-state index contributed by atoms with van der Waals surface area (Å²) in [6, 6.07) is 5.66. The lowest BCUT2D eigenvalue weighted by Gasteiger charge is -2.01. The Hall–Kier alpha value is -1.07. The van der Waals surface area contributed by atoms with Gasteiger partial charge < -0.3 is 0 Å². The zero-order chi connectivity index (χ0) is 11.5. The first-order valence-corrected chi connectivity index (χ1v) is 5.91. The van der Waals surface area contributed by atoms with Crippen molar-refractivity contribution in [3.8, 4) is 0 Å². The maximum atomic E-state index is 11.5. The van der Waals surface area contributed by atoms with Gasteiger partial charge in [-0.25, -0.2) is 0 Å². The van der Waals surface area contributed by atoms with Gasteiger partial charge >= 0.3 is 10.1 Å². The van der Waals surface area contributed by atoms with Gasteiger partial charge in [-0.3, -0.25) is 4.28 Å². The fourth-order valence-electron chi connectivity index (χ4n) is 0.768. The molecule has 1 aromatic carbocycles. The highest BCUT2D eigenvalue weighted by atomic mass is 35.5. The van der Waals surface area contributed by atoms with Crippen molar-refractivity contribution in [1.82, 2.24) is 0 Å². The zero-order valence-electron chi connectivity index (χ0n) is 8.27. The molecule has 0 N–H and O–H groups in total. The van der Waals surface area contributed by atoms with Crippen LogP contribution in [0.5, 0.6) is 0 Å². The van der Waals surface area contributed by atoms with Gasteiger partial charge in [0.05, 0.1) is 5.71 Å². The molecule has 0 saturated carbocycles. The van der Waals surface area contributed by atoms with Crippen molar-refractivity contribution < 1.29 is 12.7 Å². The molecule has 1 aromatic rings. The van der Waals surface area contributed by atoms with E-state index in [2.05, 4.69) is 9.44 Å². The molecule has 0 bridgehead atoms. The molecule has 0 aliphatic heterocycles. The average Bonchev–Trinajstić information content (AvgIpc) is 2.16. The van der Waals surface area contributed by atoms with Crippen molar-refractivity contribution in [3.05, 3.63) is 29.3 Å². The zero-order valence-corrected chi connectivity index (χ0v) is 9.84. The van der Waals surface area contributed by atoms with E-state index in [0.29, 0.717) is 10.7 Å². The van der Waals surface area contributed by atoms with Gasteiger partial charge in [-0.1, -0.05) is 16.8 Å². The first-order valence-electron chi connectivity index (χ1n) is 4.12. The summed E-state index contributed by atoms with van der Waals surface area (Å²) in [4.78, 5) is 0.0249. The molecular weight excluding hydrogens is 238 g/mol. The number of oxime groups is 1. The minimum Gasteiger partial charge on any atom is -0.265 e. The molecule has 1 rings (SSSR count). The van der Waals surface area contributed by atoms with Gasteiger partial charge in [0.2, 0.25) is 0 Å². The third-order valence-electron chi connectivity index (χ3n) is 1.42. The van der Waals surface area contributed by atoms with Crippen molar-refractivity contribution in [2.75, 3.05) is 0 Å². The van der Waals surface area contributed by atoms with E-state index in [1.54, 1.807) is 13.8 Å². The van der Waals surface area contributed by atoms with Crippen LogP contribution in [0.15, 0.2) is 34.3 Å². The summed E-state index contributed by atoms with van der Waals surface area (Å²) in [6.45, 7) is 3.27. The summed E-state index contributed by atoms with van der Waals surface area (Å²) in [6.07, 6.45) is 0. The number of halogens is 1. The van der Waals surface area contributed by atoms with E-state index in [4.69, 9.17) is 11.6 Å². The van der Waals surface area contributed by atoms with E-state index in [1.807, 2.05) is 0 Å². The van der Waals surface area contributed by atoms with E-state index in [9.17, 15) is 8.42 Å². The fourth-order valence-corrected chi connectivity index (χ4v) is 1.70. The number of benzene rings is 1. The standard InChI is InChI=1S/C9H10ClNO3S/c1-7(2)11-14-15(12,13)9-5-3-8(10)4-6-9/h3-6H,1-2H3. The Morgan fingerprint density at radius 3 is 2.27 bits per heavy atom. The summed E-state index contributed by atoms with van der Waals surface area (Å²) >= 11 is 5.63. The average molecular weight is 248 g/mol. The van der Waals surface area contributed by atoms with Gasteiger partial charge in [0, 0.05) is 5.02 Å². The van der Waals surface area contributed by atoms with Crippen LogP contribution < -0.4 is 0 Å². The summed E-state index contributed by atoms with van der Waals surface area (Å²) in [5.74, 6) is 0. The van der Waals surface area contributed by atoms with Gasteiger partial charge in [-0.2, -0.15) is 8.42 Å². The predicted molar refractivity (Wildman–Crippen MR) is 58.5 cm³/mol. The fraction of sp³-hybridized carbons (Fsp3) is 0.222. The Bertz CT molecular complexity index is 461. The topological polar surface area (TPSA) is 55.7 Å². The Labute approximate surface area is 93.6 Å². The van der Waals surface area contributed by atoms with Crippen LogP contribution in [0, 0.1) is 0 Å². The van der Waals surface area contributed by atoms with E-state index in [1.165, 1.54) is 24.3 Å². The van der Waals surface area contributed by atoms with E-state index >= 15 is 0 Å². The predicted octanol–water partition coefficient (Wildman–Crippen LogP) is 2.44. The monoisotopic (exact) mass is 247 g/mol. The quantitative estimate of drug-likeness (QED) is 0.609. The molecule has 0 spiro atoms. The van der Waals surface area contributed by atoms with Gasteiger partial charge in [0.1, 0.15) is 4.90 Å². The molecule has 0 aliphatic carbocycles. The van der Waals surface area contributed by atoms with Crippen molar-refractivity contribution in [2.45, 2.75) is 18.7 Å². The Morgan fingerprint density at radius 2 is 1.80 bits per heavy atom. The maximum absolute atomic E-state index is 11.5. The smallest absolute Gasteiger partial charge is 0.265 e. The van der Waals surface area contributed by atoms with Crippen LogP contribution >= 0.6 is 11.6 Å². The lowest BCUT2D eigenvalue weighted by atomic mass is 10.4. The molecule has 0 fully saturated rings. The van der Waals surface area contributed by atoms with E-state index in [0.717, 1.165) is 0 Å².